The Labute approximate surface area is 188 Å². The number of benzene rings is 1. The third-order valence-electron chi connectivity index (χ3n) is 6.04. The summed E-state index contributed by atoms with van der Waals surface area (Å²) in [6, 6.07) is 11.9. The van der Waals surface area contributed by atoms with Crippen LogP contribution in [0.2, 0.25) is 0 Å². The average Bonchev–Trinajstić information content (AvgIpc) is 3.13. The molecule has 0 bridgehead atoms. The third-order valence-corrected chi connectivity index (χ3v) is 6.04. The summed E-state index contributed by atoms with van der Waals surface area (Å²) in [7, 11) is 1.59. The lowest BCUT2D eigenvalue weighted by Gasteiger charge is -2.24. The number of aromatic nitrogens is 3. The number of hydrogen-bond donors (Lipinski definition) is 1. The highest BCUT2D eigenvalue weighted by Crippen LogP contribution is 2.36. The zero-order valence-corrected chi connectivity index (χ0v) is 19.3. The van der Waals surface area contributed by atoms with Crippen molar-refractivity contribution < 1.29 is 9.47 Å². The Morgan fingerprint density at radius 1 is 1.09 bits per heavy atom. The third kappa shape index (κ3) is 3.88. The van der Waals surface area contributed by atoms with Crippen LogP contribution in [-0.2, 0) is 17.7 Å². The molecular formula is C25H30N4O3. The highest BCUT2D eigenvalue weighted by molar-refractivity contribution is 5.62. The minimum Gasteiger partial charge on any atom is -0.481 e. The van der Waals surface area contributed by atoms with E-state index in [0.717, 1.165) is 17.7 Å². The van der Waals surface area contributed by atoms with E-state index in [1.165, 1.54) is 11.1 Å². The van der Waals surface area contributed by atoms with Crippen molar-refractivity contribution in [1.29, 1.82) is 0 Å². The summed E-state index contributed by atoms with van der Waals surface area (Å²) in [5, 5.41) is 3.50. The van der Waals surface area contributed by atoms with E-state index >= 15 is 0 Å². The fourth-order valence-electron chi connectivity index (χ4n) is 4.47. The summed E-state index contributed by atoms with van der Waals surface area (Å²) in [6.07, 6.45) is 0.796. The molecule has 2 unspecified atom stereocenters. The lowest BCUT2D eigenvalue weighted by molar-refractivity contribution is 0.0574. The number of methoxy groups -OCH3 is 1. The van der Waals surface area contributed by atoms with E-state index in [9.17, 15) is 4.79 Å². The van der Waals surface area contributed by atoms with Crippen LogP contribution in [0.5, 0.6) is 5.88 Å². The van der Waals surface area contributed by atoms with Crippen LogP contribution < -0.4 is 15.6 Å². The second-order valence-corrected chi connectivity index (χ2v) is 7.95. The lowest BCUT2D eigenvalue weighted by Crippen LogP contribution is -2.32. The first-order valence-electron chi connectivity index (χ1n) is 11.1. The normalized spacial score (nSPS) is 17.3. The number of nitrogens with zero attached hydrogens (tertiary/aromatic N) is 3. The zero-order chi connectivity index (χ0) is 22.8. The smallest absolute Gasteiger partial charge is 0.277 e. The molecule has 2 heterocycles. The van der Waals surface area contributed by atoms with Crippen LogP contribution in [0.15, 0.2) is 41.2 Å². The highest BCUT2D eigenvalue weighted by Gasteiger charge is 2.34. The summed E-state index contributed by atoms with van der Waals surface area (Å²) in [5.41, 5.74) is 5.08. The van der Waals surface area contributed by atoms with Gasteiger partial charge in [-0.3, -0.25) is 9.36 Å². The van der Waals surface area contributed by atoms with E-state index in [-0.39, 0.29) is 17.7 Å². The van der Waals surface area contributed by atoms with E-state index in [1.54, 1.807) is 17.7 Å². The summed E-state index contributed by atoms with van der Waals surface area (Å²) in [4.78, 5) is 22.9. The van der Waals surface area contributed by atoms with Crippen LogP contribution in [0.25, 0.3) is 11.4 Å². The minimum atomic E-state index is -0.0973. The van der Waals surface area contributed by atoms with Crippen molar-refractivity contribution in [3.63, 3.8) is 0 Å². The van der Waals surface area contributed by atoms with Crippen molar-refractivity contribution in [1.82, 2.24) is 14.5 Å². The van der Waals surface area contributed by atoms with E-state index in [0.29, 0.717) is 36.2 Å². The molecule has 2 aromatic heterocycles. The fourth-order valence-corrected chi connectivity index (χ4v) is 4.47. The van der Waals surface area contributed by atoms with E-state index in [2.05, 4.69) is 22.4 Å². The Morgan fingerprint density at radius 3 is 2.56 bits per heavy atom. The van der Waals surface area contributed by atoms with Crippen molar-refractivity contribution in [3.05, 3.63) is 69.3 Å². The zero-order valence-electron chi connectivity index (χ0n) is 19.3. The molecule has 0 amide bonds. The van der Waals surface area contributed by atoms with Gasteiger partial charge in [-0.25, -0.2) is 9.97 Å². The topological polar surface area (TPSA) is 78.3 Å². The number of anilines is 1. The Bertz CT molecular complexity index is 1190. The summed E-state index contributed by atoms with van der Waals surface area (Å²) < 4.78 is 12.9. The van der Waals surface area contributed by atoms with Crippen molar-refractivity contribution in [3.8, 4) is 17.3 Å². The molecule has 7 heteroatoms. The van der Waals surface area contributed by atoms with Gasteiger partial charge < -0.3 is 14.8 Å². The Hall–Kier alpha value is -3.19. The van der Waals surface area contributed by atoms with Gasteiger partial charge in [-0.2, -0.15) is 0 Å². The molecule has 168 valence electrons. The van der Waals surface area contributed by atoms with Crippen LogP contribution >= 0.6 is 0 Å². The van der Waals surface area contributed by atoms with E-state index < -0.39 is 0 Å². The van der Waals surface area contributed by atoms with Crippen LogP contribution in [0.4, 0.5) is 5.69 Å². The highest BCUT2D eigenvalue weighted by atomic mass is 16.5. The van der Waals surface area contributed by atoms with Gasteiger partial charge in [0.15, 0.2) is 0 Å². The minimum absolute atomic E-state index is 0.0287. The predicted octanol–water partition coefficient (Wildman–Crippen LogP) is 4.07. The maximum absolute atomic E-state index is 13.6. The standard InChI is InChI=1S/C25H30N4O3/c1-6-29-24(18-12-13-21(31-5)26-15(18)3)27-16(4)22(25(29)30)28-23-19-11-9-8-10-17(19)14-20(23)32-7-2/h8-13,20,23,28H,6-7,14H2,1-5H3. The van der Waals surface area contributed by atoms with Crippen LogP contribution in [0, 0.1) is 13.8 Å². The SMILES string of the molecule is CCOC1Cc2ccccc2C1Nc1c(C)nc(-c2ccc(OC)nc2C)n(CC)c1=O. The number of pyridine rings is 1. The largest absolute Gasteiger partial charge is 0.481 e. The van der Waals surface area contributed by atoms with Gasteiger partial charge in [0.2, 0.25) is 5.88 Å². The molecule has 1 aliphatic carbocycles. The maximum atomic E-state index is 13.6. The van der Waals surface area contributed by atoms with Crippen molar-refractivity contribution in [2.75, 3.05) is 19.0 Å². The second-order valence-electron chi connectivity index (χ2n) is 7.95. The molecule has 0 aliphatic heterocycles. The van der Waals surface area contributed by atoms with Crippen molar-refractivity contribution in [2.24, 2.45) is 0 Å². The lowest BCUT2D eigenvalue weighted by atomic mass is 10.1. The summed E-state index contributed by atoms with van der Waals surface area (Å²) in [5.74, 6) is 1.15. The van der Waals surface area contributed by atoms with Gasteiger partial charge in [-0.05, 0) is 44.9 Å². The maximum Gasteiger partial charge on any atom is 0.277 e. The molecule has 1 N–H and O–H groups in total. The van der Waals surface area contributed by atoms with Crippen molar-refractivity contribution in [2.45, 2.75) is 52.8 Å². The van der Waals surface area contributed by atoms with Gasteiger partial charge in [-0.1, -0.05) is 24.3 Å². The number of nitrogens with one attached hydrogen (secondary N) is 1. The monoisotopic (exact) mass is 434 g/mol. The first-order chi connectivity index (χ1) is 15.5. The Morgan fingerprint density at radius 2 is 1.88 bits per heavy atom. The molecule has 0 saturated carbocycles. The molecule has 7 nitrogen and oxygen atoms in total. The van der Waals surface area contributed by atoms with E-state index in [1.807, 2.05) is 45.9 Å². The molecule has 1 aromatic carbocycles. The van der Waals surface area contributed by atoms with Gasteiger partial charge in [0.1, 0.15) is 11.5 Å². The molecule has 4 rings (SSSR count). The molecule has 0 saturated heterocycles. The molecule has 1 aliphatic rings. The second kappa shape index (κ2) is 9.12. The quantitative estimate of drug-likeness (QED) is 0.604. The Kier molecular flexibility index (Phi) is 6.28. The molecule has 0 spiro atoms. The number of hydrogen-bond acceptors (Lipinski definition) is 6. The first-order valence-corrected chi connectivity index (χ1v) is 11.1. The molecule has 2 atom stereocenters. The number of ether oxygens (including phenoxy) is 2. The number of fused-ring (bicyclic) bond motifs is 1. The summed E-state index contributed by atoms with van der Waals surface area (Å²) >= 11 is 0. The Balaban J connectivity index is 1.77. The van der Waals surface area contributed by atoms with Gasteiger partial charge in [-0.15, -0.1) is 0 Å². The molecular weight excluding hydrogens is 404 g/mol. The number of rotatable bonds is 7. The van der Waals surface area contributed by atoms with E-state index in [4.69, 9.17) is 14.5 Å². The van der Waals surface area contributed by atoms with Crippen LogP contribution in [0.3, 0.4) is 0 Å². The molecule has 32 heavy (non-hydrogen) atoms. The van der Waals surface area contributed by atoms with Gasteiger partial charge in [0, 0.05) is 31.2 Å². The number of aryl methyl sites for hydroxylation is 2. The average molecular weight is 435 g/mol. The van der Waals surface area contributed by atoms with Gasteiger partial charge in [0.25, 0.3) is 5.56 Å². The predicted molar refractivity (Wildman–Crippen MR) is 125 cm³/mol. The van der Waals surface area contributed by atoms with Crippen LogP contribution in [0.1, 0.15) is 42.4 Å². The van der Waals surface area contributed by atoms with Gasteiger partial charge in [0.05, 0.1) is 30.6 Å². The van der Waals surface area contributed by atoms with Crippen molar-refractivity contribution >= 4 is 5.69 Å². The van der Waals surface area contributed by atoms with Crippen LogP contribution in [-0.4, -0.2) is 34.4 Å². The first kappa shape index (κ1) is 22.0. The fraction of sp³-hybridized carbons (Fsp3) is 0.400. The molecule has 0 fully saturated rings. The molecule has 0 radical (unpaired) electrons. The summed E-state index contributed by atoms with van der Waals surface area (Å²) in [6.45, 7) is 8.83. The molecule has 3 aromatic rings. The van der Waals surface area contributed by atoms with Gasteiger partial charge >= 0.3 is 0 Å².